The van der Waals surface area contributed by atoms with Gasteiger partial charge in [-0.3, -0.25) is 4.79 Å². The number of halogens is 1. The molecule has 0 bridgehead atoms. The van der Waals surface area contributed by atoms with Gasteiger partial charge in [-0.1, -0.05) is 24.3 Å². The van der Waals surface area contributed by atoms with Gasteiger partial charge in [-0.25, -0.2) is 4.98 Å². The number of thiazole rings is 1. The van der Waals surface area contributed by atoms with Gasteiger partial charge in [-0.15, -0.1) is 11.3 Å². The number of hydrogen-bond donors (Lipinski definition) is 1. The van der Waals surface area contributed by atoms with Crippen molar-refractivity contribution in [1.82, 2.24) is 4.98 Å². The van der Waals surface area contributed by atoms with Crippen LogP contribution in [-0.2, 0) is 0 Å². The summed E-state index contributed by atoms with van der Waals surface area (Å²) in [6, 6.07) is 15.1. The van der Waals surface area contributed by atoms with Crippen LogP contribution in [0.2, 0.25) is 0 Å². The second-order valence-corrected chi connectivity index (χ2v) is 6.52. The van der Waals surface area contributed by atoms with E-state index in [0.717, 1.165) is 26.4 Å². The Kier molecular flexibility index (Phi) is 4.36. The van der Waals surface area contributed by atoms with E-state index in [1.54, 1.807) is 17.4 Å². The zero-order valence-electron chi connectivity index (χ0n) is 11.8. The molecule has 0 aliphatic carbocycles. The second kappa shape index (κ2) is 6.42. The molecule has 22 heavy (non-hydrogen) atoms. The molecule has 0 fully saturated rings. The van der Waals surface area contributed by atoms with E-state index in [0.29, 0.717) is 5.56 Å². The summed E-state index contributed by atoms with van der Waals surface area (Å²) in [6.07, 6.45) is 0. The van der Waals surface area contributed by atoms with Gasteiger partial charge in [-0.05, 0) is 47.1 Å². The van der Waals surface area contributed by atoms with Crippen molar-refractivity contribution in [2.24, 2.45) is 0 Å². The van der Waals surface area contributed by atoms with Crippen molar-refractivity contribution >= 4 is 38.9 Å². The van der Waals surface area contributed by atoms with E-state index in [-0.39, 0.29) is 5.91 Å². The molecule has 0 atom stereocenters. The molecular formula is C17H13BrN2OS. The minimum atomic E-state index is -0.137. The first-order chi connectivity index (χ1) is 10.6. The highest BCUT2D eigenvalue weighted by Crippen LogP contribution is 2.25. The highest BCUT2D eigenvalue weighted by atomic mass is 79.9. The number of amides is 1. The van der Waals surface area contributed by atoms with Crippen molar-refractivity contribution in [3.63, 3.8) is 0 Å². The molecule has 1 heterocycles. The van der Waals surface area contributed by atoms with Crippen molar-refractivity contribution in [3.8, 4) is 10.6 Å². The fourth-order valence-corrected chi connectivity index (χ4v) is 3.22. The number of nitrogens with one attached hydrogen (secondary N) is 1. The number of aromatic nitrogens is 1. The third kappa shape index (κ3) is 3.26. The molecule has 2 aromatic carbocycles. The summed E-state index contributed by atoms with van der Waals surface area (Å²) in [4.78, 5) is 16.9. The van der Waals surface area contributed by atoms with E-state index >= 15 is 0 Å². The molecule has 0 aliphatic rings. The predicted octanol–water partition coefficient (Wildman–Crippen LogP) is 5.13. The molecule has 0 saturated heterocycles. The number of rotatable bonds is 3. The molecule has 110 valence electrons. The Bertz CT molecular complexity index is 829. The maximum atomic E-state index is 12.4. The highest BCUT2D eigenvalue weighted by Gasteiger charge is 2.10. The summed E-state index contributed by atoms with van der Waals surface area (Å²) < 4.78 is 0.857. The summed E-state index contributed by atoms with van der Waals surface area (Å²) in [5.74, 6) is -0.137. The average Bonchev–Trinajstić information content (AvgIpc) is 2.96. The summed E-state index contributed by atoms with van der Waals surface area (Å²) in [7, 11) is 0. The largest absolute Gasteiger partial charge is 0.321 e. The molecule has 0 spiro atoms. The van der Waals surface area contributed by atoms with Crippen molar-refractivity contribution in [2.75, 3.05) is 5.32 Å². The third-order valence-electron chi connectivity index (χ3n) is 3.11. The topological polar surface area (TPSA) is 42.0 Å². The molecule has 0 unspecified atom stereocenters. The Balaban J connectivity index is 1.86. The minimum Gasteiger partial charge on any atom is -0.321 e. The van der Waals surface area contributed by atoms with Gasteiger partial charge >= 0.3 is 0 Å². The predicted molar refractivity (Wildman–Crippen MR) is 94.4 cm³/mol. The van der Waals surface area contributed by atoms with Gasteiger partial charge in [-0.2, -0.15) is 0 Å². The first-order valence-corrected chi connectivity index (χ1v) is 8.39. The molecule has 0 saturated carbocycles. The van der Waals surface area contributed by atoms with E-state index in [4.69, 9.17) is 0 Å². The maximum Gasteiger partial charge on any atom is 0.255 e. The molecule has 1 N–H and O–H groups in total. The van der Waals surface area contributed by atoms with Crippen LogP contribution >= 0.6 is 27.3 Å². The van der Waals surface area contributed by atoms with Crippen molar-refractivity contribution < 1.29 is 4.79 Å². The molecule has 1 amide bonds. The number of carbonyl (C=O) groups excluding carboxylic acids is 1. The Morgan fingerprint density at radius 3 is 2.73 bits per heavy atom. The van der Waals surface area contributed by atoms with Gasteiger partial charge in [0.1, 0.15) is 5.01 Å². The van der Waals surface area contributed by atoms with Crippen LogP contribution in [0.5, 0.6) is 0 Å². The maximum absolute atomic E-state index is 12.4. The third-order valence-corrected chi connectivity index (χ3v) is 4.81. The average molecular weight is 373 g/mol. The second-order valence-electron chi connectivity index (χ2n) is 4.81. The fraction of sp³-hybridized carbons (Fsp3) is 0.0588. The van der Waals surface area contributed by atoms with Gasteiger partial charge < -0.3 is 5.32 Å². The number of benzene rings is 2. The monoisotopic (exact) mass is 372 g/mol. The van der Waals surface area contributed by atoms with Gasteiger partial charge in [0.15, 0.2) is 0 Å². The minimum absolute atomic E-state index is 0.137. The van der Waals surface area contributed by atoms with Gasteiger partial charge in [0.05, 0.1) is 5.69 Å². The molecule has 3 rings (SSSR count). The number of anilines is 1. The summed E-state index contributed by atoms with van der Waals surface area (Å²) in [5.41, 5.74) is 3.31. The van der Waals surface area contributed by atoms with Gasteiger partial charge in [0.25, 0.3) is 5.91 Å². The van der Waals surface area contributed by atoms with Crippen LogP contribution in [0.3, 0.4) is 0 Å². The zero-order valence-corrected chi connectivity index (χ0v) is 14.2. The lowest BCUT2D eigenvalue weighted by Crippen LogP contribution is -2.12. The van der Waals surface area contributed by atoms with E-state index < -0.39 is 0 Å². The van der Waals surface area contributed by atoms with E-state index in [1.807, 2.05) is 54.8 Å². The quantitative estimate of drug-likeness (QED) is 0.691. The number of carbonyl (C=O) groups is 1. The molecular weight excluding hydrogens is 360 g/mol. The smallest absolute Gasteiger partial charge is 0.255 e. The summed E-state index contributed by atoms with van der Waals surface area (Å²) in [6.45, 7) is 1.96. The summed E-state index contributed by atoms with van der Waals surface area (Å²) >= 11 is 5.01. The Hall–Kier alpha value is -1.98. The van der Waals surface area contributed by atoms with Crippen LogP contribution in [0, 0.1) is 6.92 Å². The normalized spacial score (nSPS) is 10.5. The van der Waals surface area contributed by atoms with Crippen molar-refractivity contribution in [2.45, 2.75) is 6.92 Å². The number of nitrogens with zero attached hydrogens (tertiary/aromatic N) is 1. The SMILES string of the molecule is Cc1csc(-c2cccc(C(=O)Nc3ccccc3Br)c2)n1. The highest BCUT2D eigenvalue weighted by molar-refractivity contribution is 9.10. The van der Waals surface area contributed by atoms with E-state index in [1.165, 1.54) is 0 Å². The number of para-hydroxylation sites is 1. The number of aryl methyl sites for hydroxylation is 1. The van der Waals surface area contributed by atoms with Crippen LogP contribution in [0.25, 0.3) is 10.6 Å². The lowest BCUT2D eigenvalue weighted by atomic mass is 10.1. The van der Waals surface area contributed by atoms with Crippen LogP contribution < -0.4 is 5.32 Å². The molecule has 5 heteroatoms. The lowest BCUT2D eigenvalue weighted by molar-refractivity contribution is 0.102. The number of hydrogen-bond acceptors (Lipinski definition) is 3. The van der Waals surface area contributed by atoms with Crippen molar-refractivity contribution in [3.05, 3.63) is 69.6 Å². The van der Waals surface area contributed by atoms with Gasteiger partial charge in [0, 0.05) is 26.7 Å². The Morgan fingerprint density at radius 2 is 2.00 bits per heavy atom. The van der Waals surface area contributed by atoms with E-state index in [9.17, 15) is 4.79 Å². The lowest BCUT2D eigenvalue weighted by Gasteiger charge is -2.08. The van der Waals surface area contributed by atoms with Crippen LogP contribution in [0.1, 0.15) is 16.1 Å². The Morgan fingerprint density at radius 1 is 1.18 bits per heavy atom. The van der Waals surface area contributed by atoms with Crippen LogP contribution in [0.15, 0.2) is 58.4 Å². The molecule has 0 radical (unpaired) electrons. The Labute approximate surface area is 141 Å². The van der Waals surface area contributed by atoms with Crippen LogP contribution in [0.4, 0.5) is 5.69 Å². The first kappa shape index (κ1) is 14.9. The fourth-order valence-electron chi connectivity index (χ4n) is 2.04. The zero-order chi connectivity index (χ0) is 15.5. The van der Waals surface area contributed by atoms with Crippen molar-refractivity contribution in [1.29, 1.82) is 0 Å². The van der Waals surface area contributed by atoms with Crippen LogP contribution in [-0.4, -0.2) is 10.9 Å². The molecule has 1 aromatic heterocycles. The molecule has 3 nitrogen and oxygen atoms in total. The standard InChI is InChI=1S/C17H13BrN2OS/c1-11-10-22-17(19-11)13-6-4-5-12(9-13)16(21)20-15-8-3-2-7-14(15)18/h2-10H,1H3,(H,20,21). The van der Waals surface area contributed by atoms with E-state index in [2.05, 4.69) is 26.2 Å². The summed E-state index contributed by atoms with van der Waals surface area (Å²) in [5, 5.41) is 5.83. The molecule has 3 aromatic rings. The van der Waals surface area contributed by atoms with Gasteiger partial charge in [0.2, 0.25) is 0 Å². The molecule has 0 aliphatic heterocycles. The first-order valence-electron chi connectivity index (χ1n) is 6.72.